The van der Waals surface area contributed by atoms with E-state index in [9.17, 15) is 9.59 Å². The van der Waals surface area contributed by atoms with Crippen molar-refractivity contribution >= 4 is 34.5 Å². The fourth-order valence-electron chi connectivity index (χ4n) is 7.10. The van der Waals surface area contributed by atoms with Gasteiger partial charge in [-0.25, -0.2) is 4.98 Å². The van der Waals surface area contributed by atoms with E-state index in [0.717, 1.165) is 31.9 Å². The Bertz CT molecular complexity index is 2300. The number of ether oxygens (including phenoxy) is 2. The van der Waals surface area contributed by atoms with Crippen LogP contribution in [0.1, 0.15) is 54.8 Å². The van der Waals surface area contributed by atoms with Gasteiger partial charge in [-0.3, -0.25) is 9.59 Å². The second-order valence-corrected chi connectivity index (χ2v) is 15.1. The minimum Gasteiger partial charge on any atom is -0.486 e. The predicted molar refractivity (Wildman–Crippen MR) is 226 cm³/mol. The number of piperazine rings is 2. The maximum Gasteiger partial charge on any atom is 0.257 e. The first-order valence-corrected chi connectivity index (χ1v) is 20.5. The van der Waals surface area contributed by atoms with Gasteiger partial charge in [-0.2, -0.15) is 4.98 Å². The van der Waals surface area contributed by atoms with Crippen LogP contribution in [0.2, 0.25) is 0 Å². The summed E-state index contributed by atoms with van der Waals surface area (Å²) < 4.78 is 16.7. The average molecular weight is 800 g/mol. The maximum absolute atomic E-state index is 13.2. The van der Waals surface area contributed by atoms with Crippen LogP contribution in [0.25, 0.3) is 0 Å². The van der Waals surface area contributed by atoms with E-state index in [4.69, 9.17) is 14.0 Å². The topological polar surface area (TPSA) is 117 Å². The molecule has 2 aliphatic rings. The first-order valence-electron chi connectivity index (χ1n) is 19.5. The summed E-state index contributed by atoms with van der Waals surface area (Å²) in [5.74, 6) is 2.09. The van der Waals surface area contributed by atoms with Crippen LogP contribution < -0.4 is 19.3 Å². The van der Waals surface area contributed by atoms with Gasteiger partial charge in [0.15, 0.2) is 6.61 Å². The van der Waals surface area contributed by atoms with Crippen molar-refractivity contribution in [2.24, 2.45) is 0 Å². The van der Waals surface area contributed by atoms with Gasteiger partial charge in [0.05, 0.1) is 22.3 Å². The van der Waals surface area contributed by atoms with Crippen LogP contribution in [0.4, 0.5) is 11.4 Å². The number of nitrogens with zero attached hydrogens (tertiary/aromatic N) is 7. The summed E-state index contributed by atoms with van der Waals surface area (Å²) in [6, 6.07) is 29.7. The van der Waals surface area contributed by atoms with Crippen molar-refractivity contribution in [3.8, 4) is 11.5 Å². The van der Waals surface area contributed by atoms with Gasteiger partial charge in [0.25, 0.3) is 11.8 Å². The number of benzene rings is 4. The number of para-hydroxylation sites is 2. The lowest BCUT2D eigenvalue weighted by atomic mass is 10.1. The van der Waals surface area contributed by atoms with Gasteiger partial charge in [0.1, 0.15) is 18.1 Å². The SMILES string of the molecule is Cc1cccc(N2CCN(C(=O)c3ccccc3OCc3cscn3)CC2)c1.Cc1nc(COc2ccccc2C(=O)N2CCN(c3cccc(C)c3C)CC2)no1. The Kier molecular flexibility index (Phi) is 13.0. The van der Waals surface area contributed by atoms with E-state index in [1.54, 1.807) is 24.6 Å². The van der Waals surface area contributed by atoms with Gasteiger partial charge in [-0.05, 0) is 79.9 Å². The summed E-state index contributed by atoms with van der Waals surface area (Å²) in [6.07, 6.45) is 0. The minimum atomic E-state index is -0.0180. The van der Waals surface area contributed by atoms with E-state index in [2.05, 4.69) is 88.2 Å². The zero-order chi connectivity index (χ0) is 40.4. The van der Waals surface area contributed by atoms with Gasteiger partial charge >= 0.3 is 0 Å². The van der Waals surface area contributed by atoms with Crippen LogP contribution in [0.3, 0.4) is 0 Å². The molecule has 0 N–H and O–H groups in total. The van der Waals surface area contributed by atoms with E-state index in [1.165, 1.54) is 39.4 Å². The molecule has 2 amide bonds. The first-order chi connectivity index (χ1) is 28.2. The molecule has 0 saturated carbocycles. The molecule has 300 valence electrons. The third kappa shape index (κ3) is 9.83. The monoisotopic (exact) mass is 799 g/mol. The standard InChI is InChI=1S/C23H26N4O3.C22H23N3O2S/c1-16-7-6-9-20(17(16)2)26-11-13-27(14-12-26)23(28)19-8-4-5-10-21(19)29-15-22-24-18(3)30-25-22;1-17-5-4-6-19(13-17)24-9-11-25(12-10-24)22(26)20-7-2-3-8-21(20)27-14-18-15-28-16-23-18/h4-10H,11-15H2,1-3H3;2-8,13,15-16H,9-12,14H2,1H3. The largest absolute Gasteiger partial charge is 0.486 e. The number of amides is 2. The smallest absolute Gasteiger partial charge is 0.257 e. The number of aromatic nitrogens is 3. The van der Waals surface area contributed by atoms with Gasteiger partial charge in [-0.1, -0.05) is 53.7 Å². The molecule has 0 spiro atoms. The molecule has 6 aromatic rings. The number of hydrogen-bond donors (Lipinski definition) is 0. The average Bonchev–Trinajstić information content (AvgIpc) is 3.95. The molecule has 4 aromatic carbocycles. The summed E-state index contributed by atoms with van der Waals surface area (Å²) >= 11 is 1.54. The van der Waals surface area contributed by atoms with Crippen molar-refractivity contribution in [2.45, 2.75) is 40.9 Å². The summed E-state index contributed by atoms with van der Waals surface area (Å²) in [5, 5.41) is 5.79. The predicted octanol–water partition coefficient (Wildman–Crippen LogP) is 7.53. The molecule has 4 heterocycles. The van der Waals surface area contributed by atoms with Crippen LogP contribution in [0.15, 0.2) is 106 Å². The van der Waals surface area contributed by atoms with Crippen LogP contribution in [0.5, 0.6) is 11.5 Å². The van der Waals surface area contributed by atoms with Crippen LogP contribution in [-0.2, 0) is 13.2 Å². The Morgan fingerprint density at radius 1 is 0.690 bits per heavy atom. The number of aryl methyl sites for hydroxylation is 3. The van der Waals surface area contributed by atoms with Crippen LogP contribution in [0, 0.1) is 27.7 Å². The lowest BCUT2D eigenvalue weighted by molar-refractivity contribution is 0.0734. The molecule has 13 heteroatoms. The molecule has 12 nitrogen and oxygen atoms in total. The zero-order valence-corrected chi connectivity index (χ0v) is 34.3. The van der Waals surface area contributed by atoms with Crippen molar-refractivity contribution in [1.29, 1.82) is 0 Å². The van der Waals surface area contributed by atoms with E-state index >= 15 is 0 Å². The fourth-order valence-corrected chi connectivity index (χ4v) is 7.65. The van der Waals surface area contributed by atoms with Crippen LogP contribution >= 0.6 is 11.3 Å². The molecule has 2 saturated heterocycles. The molecule has 0 radical (unpaired) electrons. The normalized spacial score (nSPS) is 14.1. The van der Waals surface area contributed by atoms with Gasteiger partial charge in [-0.15, -0.1) is 11.3 Å². The highest BCUT2D eigenvalue weighted by Gasteiger charge is 2.26. The quantitative estimate of drug-likeness (QED) is 0.138. The molecule has 2 fully saturated rings. The van der Waals surface area contributed by atoms with Crippen molar-refractivity contribution in [2.75, 3.05) is 62.2 Å². The summed E-state index contributed by atoms with van der Waals surface area (Å²) in [5.41, 5.74) is 10.1. The third-order valence-corrected chi connectivity index (χ3v) is 11.1. The molecule has 2 aromatic heterocycles. The molecular weight excluding hydrogens is 751 g/mol. The van der Waals surface area contributed by atoms with E-state index in [-0.39, 0.29) is 18.4 Å². The Morgan fingerprint density at radius 3 is 1.88 bits per heavy atom. The summed E-state index contributed by atoms with van der Waals surface area (Å²) in [4.78, 5) is 43.1. The highest BCUT2D eigenvalue weighted by Crippen LogP contribution is 2.27. The molecule has 0 unspecified atom stereocenters. The highest BCUT2D eigenvalue weighted by atomic mass is 32.1. The maximum atomic E-state index is 13.2. The number of anilines is 2. The van der Waals surface area contributed by atoms with E-state index in [1.807, 2.05) is 51.6 Å². The van der Waals surface area contributed by atoms with Crippen molar-refractivity contribution in [3.63, 3.8) is 0 Å². The first kappa shape index (κ1) is 40.0. The second-order valence-electron chi connectivity index (χ2n) is 14.4. The fraction of sp³-hybridized carbons (Fsp3) is 0.311. The molecule has 2 aliphatic heterocycles. The van der Waals surface area contributed by atoms with Gasteiger partial charge < -0.3 is 33.6 Å². The zero-order valence-electron chi connectivity index (χ0n) is 33.5. The van der Waals surface area contributed by atoms with Gasteiger partial charge in [0, 0.05) is 76.0 Å². The molecule has 0 atom stereocenters. The lowest BCUT2D eigenvalue weighted by Crippen LogP contribution is -2.49. The number of rotatable bonds is 10. The summed E-state index contributed by atoms with van der Waals surface area (Å²) in [6.45, 7) is 14.7. The second kappa shape index (κ2) is 18.8. The Hall–Kier alpha value is -6.21. The Labute approximate surface area is 343 Å². The molecular formula is C45H49N7O5S. The number of carbonyl (C=O) groups is 2. The number of thiazole rings is 1. The molecule has 0 bridgehead atoms. The highest BCUT2D eigenvalue weighted by molar-refractivity contribution is 7.07. The molecule has 8 rings (SSSR count). The van der Waals surface area contributed by atoms with E-state index in [0.29, 0.717) is 67.1 Å². The van der Waals surface area contributed by atoms with Crippen LogP contribution in [-0.4, -0.2) is 89.1 Å². The van der Waals surface area contributed by atoms with Crippen molar-refractivity contribution in [1.82, 2.24) is 24.9 Å². The third-order valence-electron chi connectivity index (χ3n) is 10.4. The number of hydrogen-bond acceptors (Lipinski definition) is 11. The van der Waals surface area contributed by atoms with Crippen molar-refractivity contribution in [3.05, 3.63) is 147 Å². The lowest BCUT2D eigenvalue weighted by Gasteiger charge is -2.37. The molecule has 58 heavy (non-hydrogen) atoms. The number of carbonyl (C=O) groups excluding carboxylic acids is 2. The minimum absolute atomic E-state index is 0.0180. The van der Waals surface area contributed by atoms with Gasteiger partial charge in [0.2, 0.25) is 11.7 Å². The molecule has 0 aliphatic carbocycles. The van der Waals surface area contributed by atoms with E-state index < -0.39 is 0 Å². The summed E-state index contributed by atoms with van der Waals surface area (Å²) in [7, 11) is 0. The van der Waals surface area contributed by atoms with Crippen molar-refractivity contribution < 1.29 is 23.6 Å². The Balaban J connectivity index is 0.000000177. The Morgan fingerprint density at radius 2 is 1.29 bits per heavy atom.